The first-order valence-corrected chi connectivity index (χ1v) is 11.9. The van der Waals surface area contributed by atoms with E-state index in [0.717, 1.165) is 12.8 Å². The van der Waals surface area contributed by atoms with E-state index in [-0.39, 0.29) is 23.3 Å². The lowest BCUT2D eigenvalue weighted by atomic mass is 10.2. The van der Waals surface area contributed by atoms with E-state index in [2.05, 4.69) is 15.4 Å². The van der Waals surface area contributed by atoms with Gasteiger partial charge in [-0.1, -0.05) is 0 Å². The molecule has 9 nitrogen and oxygen atoms in total. The molecular weight excluding hydrogens is 418 g/mol. The van der Waals surface area contributed by atoms with Crippen molar-refractivity contribution in [2.45, 2.75) is 43.2 Å². The third kappa shape index (κ3) is 8.03. The minimum atomic E-state index is -4.00. The zero-order valence-electron chi connectivity index (χ0n) is 16.3. The number of sulfonamides is 1. The molecule has 11 heteroatoms. The van der Waals surface area contributed by atoms with Crippen molar-refractivity contribution in [2.24, 2.45) is 0 Å². The average Bonchev–Trinajstić information content (AvgIpc) is 3.47. The summed E-state index contributed by atoms with van der Waals surface area (Å²) in [5, 5.41) is 5.24. The van der Waals surface area contributed by atoms with Crippen LogP contribution in [0.3, 0.4) is 0 Å². The fraction of sp³-hybridized carbons (Fsp3) is 0.500. The number of carbonyl (C=O) groups excluding carboxylic acids is 3. The smallest absolute Gasteiger partial charge is 0.324 e. The molecule has 0 bridgehead atoms. The summed E-state index contributed by atoms with van der Waals surface area (Å²) in [4.78, 5) is 35.1. The van der Waals surface area contributed by atoms with Crippen LogP contribution in [-0.4, -0.2) is 56.9 Å². The van der Waals surface area contributed by atoms with Crippen LogP contribution < -0.4 is 15.4 Å². The summed E-state index contributed by atoms with van der Waals surface area (Å²) in [6.07, 6.45) is 3.88. The van der Waals surface area contributed by atoms with Crippen molar-refractivity contribution in [1.82, 2.24) is 10.0 Å². The molecule has 160 valence electrons. The van der Waals surface area contributed by atoms with E-state index in [1.165, 1.54) is 43.0 Å². The third-order valence-electron chi connectivity index (χ3n) is 3.97. The molecule has 0 aliphatic heterocycles. The van der Waals surface area contributed by atoms with Gasteiger partial charge in [0.05, 0.1) is 4.90 Å². The van der Waals surface area contributed by atoms with E-state index in [1.807, 2.05) is 6.26 Å². The molecule has 2 rings (SSSR count). The van der Waals surface area contributed by atoms with Gasteiger partial charge in [0, 0.05) is 18.7 Å². The van der Waals surface area contributed by atoms with Crippen molar-refractivity contribution in [1.29, 1.82) is 0 Å². The average molecular weight is 444 g/mol. The van der Waals surface area contributed by atoms with E-state index in [9.17, 15) is 22.8 Å². The lowest BCUT2D eigenvalue weighted by Crippen LogP contribution is -2.43. The second-order valence-corrected chi connectivity index (χ2v) is 9.31. The van der Waals surface area contributed by atoms with Crippen molar-refractivity contribution in [3.63, 3.8) is 0 Å². The monoisotopic (exact) mass is 443 g/mol. The molecule has 1 aromatic rings. The van der Waals surface area contributed by atoms with E-state index >= 15 is 0 Å². The van der Waals surface area contributed by atoms with Crippen LogP contribution in [0, 0.1) is 0 Å². The van der Waals surface area contributed by atoms with Gasteiger partial charge in [-0.2, -0.15) is 16.5 Å². The zero-order chi connectivity index (χ0) is 21.4. The summed E-state index contributed by atoms with van der Waals surface area (Å²) in [6.45, 7) is 0.900. The SMILES string of the molecule is CSCCC(NS(=O)(=O)c1ccc(NC(C)=O)cc1)C(=O)OCC(=O)NC1CC1. The van der Waals surface area contributed by atoms with Gasteiger partial charge in [-0.05, 0) is 55.5 Å². The highest BCUT2D eigenvalue weighted by molar-refractivity contribution is 7.98. The highest BCUT2D eigenvalue weighted by Crippen LogP contribution is 2.18. The number of rotatable bonds is 11. The van der Waals surface area contributed by atoms with Crippen LogP contribution in [-0.2, 0) is 29.1 Å². The van der Waals surface area contributed by atoms with Gasteiger partial charge in [0.1, 0.15) is 6.04 Å². The number of carbonyl (C=O) groups is 3. The topological polar surface area (TPSA) is 131 Å². The summed E-state index contributed by atoms with van der Waals surface area (Å²) in [7, 11) is -4.00. The predicted molar refractivity (Wildman–Crippen MR) is 110 cm³/mol. The summed E-state index contributed by atoms with van der Waals surface area (Å²) >= 11 is 1.46. The number of nitrogens with one attached hydrogen (secondary N) is 3. The molecule has 0 saturated heterocycles. The quantitative estimate of drug-likeness (QED) is 0.433. The van der Waals surface area contributed by atoms with Gasteiger partial charge in [-0.25, -0.2) is 8.42 Å². The third-order valence-corrected chi connectivity index (χ3v) is 6.10. The van der Waals surface area contributed by atoms with Crippen molar-refractivity contribution in [2.75, 3.05) is 23.9 Å². The standard InChI is InChI=1S/C18H25N3O6S2/c1-12(22)19-13-5-7-15(8-6-13)29(25,26)21-16(9-10-28-2)18(24)27-11-17(23)20-14-3-4-14/h5-8,14,16,21H,3-4,9-11H2,1-2H3,(H,19,22)(H,20,23). The zero-order valence-corrected chi connectivity index (χ0v) is 17.9. The molecule has 1 aliphatic carbocycles. The van der Waals surface area contributed by atoms with Gasteiger partial charge >= 0.3 is 5.97 Å². The number of thioether (sulfide) groups is 1. The van der Waals surface area contributed by atoms with Crippen LogP contribution in [0.15, 0.2) is 29.2 Å². The van der Waals surface area contributed by atoms with Gasteiger partial charge in [0.25, 0.3) is 5.91 Å². The molecule has 1 aromatic carbocycles. The Hall–Kier alpha value is -2.11. The summed E-state index contributed by atoms with van der Waals surface area (Å²) in [5.74, 6) is -0.952. The van der Waals surface area contributed by atoms with Gasteiger partial charge in [-0.3, -0.25) is 14.4 Å². The molecule has 0 radical (unpaired) electrons. The number of esters is 1. The second kappa shape index (κ2) is 10.6. The first-order valence-electron chi connectivity index (χ1n) is 9.06. The Morgan fingerprint density at radius 2 is 1.86 bits per heavy atom. The van der Waals surface area contributed by atoms with E-state index in [0.29, 0.717) is 11.4 Å². The van der Waals surface area contributed by atoms with Crippen LogP contribution in [0.1, 0.15) is 26.2 Å². The van der Waals surface area contributed by atoms with Gasteiger partial charge in [0.15, 0.2) is 6.61 Å². The Kier molecular flexibility index (Phi) is 8.47. The van der Waals surface area contributed by atoms with Crippen molar-refractivity contribution >= 4 is 45.3 Å². The van der Waals surface area contributed by atoms with E-state index < -0.39 is 34.5 Å². The molecule has 1 aliphatic rings. The fourth-order valence-corrected chi connectivity index (χ4v) is 4.06. The van der Waals surface area contributed by atoms with E-state index in [1.54, 1.807) is 0 Å². The number of hydrogen-bond donors (Lipinski definition) is 3. The Bertz CT molecular complexity index is 838. The second-order valence-electron chi connectivity index (χ2n) is 6.61. The first kappa shape index (κ1) is 23.2. The fourth-order valence-electron chi connectivity index (χ4n) is 2.37. The maximum Gasteiger partial charge on any atom is 0.324 e. The van der Waals surface area contributed by atoms with Crippen molar-refractivity contribution < 1.29 is 27.5 Å². The van der Waals surface area contributed by atoms with Crippen LogP contribution in [0.5, 0.6) is 0 Å². The lowest BCUT2D eigenvalue weighted by Gasteiger charge is -2.17. The molecule has 0 aromatic heterocycles. The minimum absolute atomic E-state index is 0.0555. The number of hydrogen-bond acceptors (Lipinski definition) is 7. The number of benzene rings is 1. The number of anilines is 1. The van der Waals surface area contributed by atoms with Crippen LogP contribution in [0.25, 0.3) is 0 Å². The van der Waals surface area contributed by atoms with E-state index in [4.69, 9.17) is 4.74 Å². The molecule has 1 unspecified atom stereocenters. The maximum absolute atomic E-state index is 12.6. The van der Waals surface area contributed by atoms with Crippen molar-refractivity contribution in [3.8, 4) is 0 Å². The predicted octanol–water partition coefficient (Wildman–Crippen LogP) is 0.867. The van der Waals surface area contributed by atoms with Crippen LogP contribution in [0.4, 0.5) is 5.69 Å². The normalized spacial score (nSPS) is 14.7. The molecule has 2 amide bonds. The molecule has 0 heterocycles. The van der Waals surface area contributed by atoms with Crippen molar-refractivity contribution in [3.05, 3.63) is 24.3 Å². The summed E-state index contributed by atoms with van der Waals surface area (Å²) in [5.41, 5.74) is 0.455. The van der Waals surface area contributed by atoms with Gasteiger partial charge in [-0.15, -0.1) is 0 Å². The lowest BCUT2D eigenvalue weighted by molar-refractivity contribution is -0.150. The first-order chi connectivity index (χ1) is 13.7. The van der Waals surface area contributed by atoms with Gasteiger partial charge < -0.3 is 15.4 Å². The van der Waals surface area contributed by atoms with Crippen LogP contribution in [0.2, 0.25) is 0 Å². The maximum atomic E-state index is 12.6. The molecule has 1 atom stereocenters. The molecule has 29 heavy (non-hydrogen) atoms. The minimum Gasteiger partial charge on any atom is -0.454 e. The molecule has 1 fully saturated rings. The molecule has 3 N–H and O–H groups in total. The highest BCUT2D eigenvalue weighted by Gasteiger charge is 2.28. The number of amides is 2. The Labute approximate surface area is 174 Å². The largest absolute Gasteiger partial charge is 0.454 e. The van der Waals surface area contributed by atoms with Gasteiger partial charge in [0.2, 0.25) is 15.9 Å². The Morgan fingerprint density at radius 3 is 2.41 bits per heavy atom. The summed E-state index contributed by atoms with van der Waals surface area (Å²) in [6, 6.07) is 4.59. The molecule has 1 saturated carbocycles. The molecule has 0 spiro atoms. The summed E-state index contributed by atoms with van der Waals surface area (Å²) < 4.78 is 32.6. The van der Waals surface area contributed by atoms with Crippen LogP contribution >= 0.6 is 11.8 Å². The Morgan fingerprint density at radius 1 is 1.21 bits per heavy atom. The highest BCUT2D eigenvalue weighted by atomic mass is 32.2. The molecular formula is C18H25N3O6S2. The number of ether oxygens (including phenoxy) is 1. The Balaban J connectivity index is 2.01.